The normalized spacial score (nSPS) is 10.1. The molecule has 3 rings (SSSR count). The van der Waals surface area contributed by atoms with Crippen LogP contribution in [0.1, 0.15) is 0 Å². The summed E-state index contributed by atoms with van der Waals surface area (Å²) in [6.07, 6.45) is 2.08. The number of para-hydroxylation sites is 1. The maximum absolute atomic E-state index is 5.68. The third-order valence-corrected chi connectivity index (χ3v) is 2.77. The number of halogens is 1. The summed E-state index contributed by atoms with van der Waals surface area (Å²) in [4.78, 5) is 0. The van der Waals surface area contributed by atoms with Crippen LogP contribution in [0.3, 0.4) is 0 Å². The first kappa shape index (κ1) is 11.6. The molecule has 2 nitrogen and oxygen atoms in total. The van der Waals surface area contributed by atoms with E-state index in [-0.39, 0.29) is 12.4 Å². The van der Waals surface area contributed by atoms with E-state index in [4.69, 9.17) is 5.73 Å². The van der Waals surface area contributed by atoms with E-state index in [0.717, 1.165) is 11.4 Å². The lowest BCUT2D eigenvalue weighted by Crippen LogP contribution is -1.92. The number of anilines is 1. The summed E-state index contributed by atoms with van der Waals surface area (Å²) in [6.45, 7) is 0. The first-order valence-corrected chi connectivity index (χ1v) is 5.26. The molecule has 0 spiro atoms. The van der Waals surface area contributed by atoms with Crippen LogP contribution in [-0.2, 0) is 0 Å². The number of fused-ring (bicyclic) bond motifs is 1. The molecule has 0 unspecified atom stereocenters. The van der Waals surface area contributed by atoms with Gasteiger partial charge in [0.25, 0.3) is 0 Å². The Bertz CT molecular complexity index is 626. The van der Waals surface area contributed by atoms with Crippen LogP contribution >= 0.6 is 12.4 Å². The van der Waals surface area contributed by atoms with Crippen LogP contribution in [0, 0.1) is 0 Å². The number of rotatable bonds is 1. The van der Waals surface area contributed by atoms with E-state index in [1.807, 2.05) is 24.3 Å². The first-order valence-electron chi connectivity index (χ1n) is 5.26. The second-order valence-electron chi connectivity index (χ2n) is 3.84. The van der Waals surface area contributed by atoms with Crippen molar-refractivity contribution < 1.29 is 0 Å². The van der Waals surface area contributed by atoms with Gasteiger partial charge in [0.2, 0.25) is 0 Å². The van der Waals surface area contributed by atoms with Crippen molar-refractivity contribution >= 4 is 29.0 Å². The van der Waals surface area contributed by atoms with Crippen LogP contribution < -0.4 is 5.73 Å². The number of benzene rings is 2. The highest BCUT2D eigenvalue weighted by Gasteiger charge is 2.01. The molecule has 17 heavy (non-hydrogen) atoms. The summed E-state index contributed by atoms with van der Waals surface area (Å²) >= 11 is 0. The zero-order valence-electron chi connectivity index (χ0n) is 9.21. The van der Waals surface area contributed by atoms with Crippen molar-refractivity contribution in [1.29, 1.82) is 0 Å². The minimum atomic E-state index is 0. The monoisotopic (exact) mass is 244 g/mol. The number of nitrogens with zero attached hydrogens (tertiary/aromatic N) is 1. The standard InChI is InChI=1S/C14H12N2.ClH/c15-12-5-7-13(8-6-12)16-10-9-11-3-1-2-4-14(11)16;/h1-10H,15H2;1H. The Morgan fingerprint density at radius 2 is 1.53 bits per heavy atom. The number of hydrogen-bond acceptors (Lipinski definition) is 1. The Kier molecular flexibility index (Phi) is 3.07. The van der Waals surface area contributed by atoms with E-state index in [1.165, 1.54) is 10.9 Å². The summed E-state index contributed by atoms with van der Waals surface area (Å²) in [7, 11) is 0. The molecule has 0 radical (unpaired) electrons. The highest BCUT2D eigenvalue weighted by molar-refractivity contribution is 5.85. The average Bonchev–Trinajstić information content (AvgIpc) is 2.74. The van der Waals surface area contributed by atoms with E-state index in [9.17, 15) is 0 Å². The fraction of sp³-hybridized carbons (Fsp3) is 0. The van der Waals surface area contributed by atoms with E-state index in [2.05, 4.69) is 41.1 Å². The highest BCUT2D eigenvalue weighted by atomic mass is 35.5. The van der Waals surface area contributed by atoms with Crippen LogP contribution in [0.25, 0.3) is 16.6 Å². The molecule has 0 bridgehead atoms. The zero-order valence-corrected chi connectivity index (χ0v) is 10.0. The van der Waals surface area contributed by atoms with E-state index < -0.39 is 0 Å². The smallest absolute Gasteiger partial charge is 0.0528 e. The van der Waals surface area contributed by atoms with Crippen molar-refractivity contribution in [3.63, 3.8) is 0 Å². The van der Waals surface area contributed by atoms with Gasteiger partial charge in [0.1, 0.15) is 0 Å². The number of hydrogen-bond donors (Lipinski definition) is 1. The topological polar surface area (TPSA) is 30.9 Å². The van der Waals surface area contributed by atoms with Gasteiger partial charge in [-0.3, -0.25) is 0 Å². The maximum Gasteiger partial charge on any atom is 0.0528 e. The maximum atomic E-state index is 5.68. The molecule has 2 aromatic carbocycles. The quantitative estimate of drug-likeness (QED) is 0.651. The summed E-state index contributed by atoms with van der Waals surface area (Å²) < 4.78 is 2.16. The third kappa shape index (κ3) is 1.99. The molecule has 0 saturated heterocycles. The van der Waals surface area contributed by atoms with Crippen molar-refractivity contribution in [3.05, 3.63) is 60.8 Å². The molecular weight excluding hydrogens is 232 g/mol. The number of aromatic nitrogens is 1. The molecule has 3 heteroatoms. The molecule has 0 aliphatic rings. The van der Waals surface area contributed by atoms with Gasteiger partial charge in [-0.25, -0.2) is 0 Å². The molecule has 3 aromatic rings. The third-order valence-electron chi connectivity index (χ3n) is 2.77. The van der Waals surface area contributed by atoms with Gasteiger partial charge < -0.3 is 10.3 Å². The predicted molar refractivity (Wildman–Crippen MR) is 74.9 cm³/mol. The summed E-state index contributed by atoms with van der Waals surface area (Å²) in [6, 6.07) is 18.4. The van der Waals surface area contributed by atoms with Crippen LogP contribution in [-0.4, -0.2) is 4.57 Å². The van der Waals surface area contributed by atoms with Crippen molar-refractivity contribution in [2.75, 3.05) is 5.73 Å². The van der Waals surface area contributed by atoms with Crippen molar-refractivity contribution in [2.24, 2.45) is 0 Å². The van der Waals surface area contributed by atoms with Crippen molar-refractivity contribution in [1.82, 2.24) is 4.57 Å². The number of nitrogen functional groups attached to an aromatic ring is 1. The Morgan fingerprint density at radius 3 is 2.29 bits per heavy atom. The highest BCUT2D eigenvalue weighted by Crippen LogP contribution is 2.20. The van der Waals surface area contributed by atoms with Crippen molar-refractivity contribution in [2.45, 2.75) is 0 Å². The fourth-order valence-corrected chi connectivity index (χ4v) is 1.94. The van der Waals surface area contributed by atoms with Gasteiger partial charge in [0.05, 0.1) is 5.52 Å². The number of nitrogens with two attached hydrogens (primary N) is 1. The lowest BCUT2D eigenvalue weighted by molar-refractivity contribution is 1.13. The molecule has 86 valence electrons. The summed E-state index contributed by atoms with van der Waals surface area (Å²) in [5, 5.41) is 1.25. The zero-order chi connectivity index (χ0) is 11.0. The minimum absolute atomic E-state index is 0. The molecular formula is C14H13ClN2. The van der Waals surface area contributed by atoms with Crippen LogP contribution in [0.2, 0.25) is 0 Å². The Hall–Kier alpha value is -1.93. The second kappa shape index (κ2) is 4.52. The van der Waals surface area contributed by atoms with Gasteiger partial charge in [-0.05, 0) is 41.8 Å². The van der Waals surface area contributed by atoms with E-state index in [1.54, 1.807) is 0 Å². The van der Waals surface area contributed by atoms with Gasteiger partial charge >= 0.3 is 0 Å². The van der Waals surface area contributed by atoms with E-state index in [0.29, 0.717) is 0 Å². The molecule has 0 aliphatic heterocycles. The summed E-state index contributed by atoms with van der Waals surface area (Å²) in [5.41, 5.74) is 8.83. The van der Waals surface area contributed by atoms with Crippen LogP contribution in [0.4, 0.5) is 5.69 Å². The fourth-order valence-electron chi connectivity index (χ4n) is 1.94. The molecule has 0 fully saturated rings. The van der Waals surface area contributed by atoms with Gasteiger partial charge in [-0.15, -0.1) is 12.4 Å². The van der Waals surface area contributed by atoms with E-state index >= 15 is 0 Å². The van der Waals surface area contributed by atoms with Gasteiger partial charge in [-0.1, -0.05) is 18.2 Å². The Morgan fingerprint density at radius 1 is 0.824 bits per heavy atom. The Labute approximate surface area is 106 Å². The largest absolute Gasteiger partial charge is 0.399 e. The van der Waals surface area contributed by atoms with Crippen LogP contribution in [0.5, 0.6) is 0 Å². The molecule has 1 aromatic heterocycles. The Balaban J connectivity index is 0.00000108. The van der Waals surface area contributed by atoms with Crippen molar-refractivity contribution in [3.8, 4) is 5.69 Å². The van der Waals surface area contributed by atoms with Gasteiger partial charge in [0.15, 0.2) is 0 Å². The molecule has 2 N–H and O–H groups in total. The SMILES string of the molecule is Cl.Nc1ccc(-n2ccc3ccccc32)cc1. The molecule has 1 heterocycles. The minimum Gasteiger partial charge on any atom is -0.399 e. The summed E-state index contributed by atoms with van der Waals surface area (Å²) in [5.74, 6) is 0. The van der Waals surface area contributed by atoms with Gasteiger partial charge in [-0.2, -0.15) is 0 Å². The molecule has 0 aliphatic carbocycles. The molecule has 0 amide bonds. The van der Waals surface area contributed by atoms with Crippen LogP contribution in [0.15, 0.2) is 60.8 Å². The second-order valence-corrected chi connectivity index (χ2v) is 3.84. The lowest BCUT2D eigenvalue weighted by Gasteiger charge is -2.05. The lowest BCUT2D eigenvalue weighted by atomic mass is 10.2. The predicted octanol–water partition coefficient (Wildman–Crippen LogP) is 3.63. The average molecular weight is 245 g/mol. The molecule has 0 atom stereocenters. The molecule has 0 saturated carbocycles. The first-order chi connectivity index (χ1) is 7.84. The van der Waals surface area contributed by atoms with Gasteiger partial charge in [0, 0.05) is 17.6 Å².